The minimum atomic E-state index is 0.1000. The zero-order valence-corrected chi connectivity index (χ0v) is 8.70. The van der Waals surface area contributed by atoms with E-state index in [4.69, 9.17) is 5.73 Å². The number of benzene rings is 2. The van der Waals surface area contributed by atoms with Crippen molar-refractivity contribution in [2.45, 2.75) is 13.0 Å². The Morgan fingerprint density at radius 1 is 1.07 bits per heavy atom. The van der Waals surface area contributed by atoms with Crippen LogP contribution in [0.5, 0.6) is 0 Å². The van der Waals surface area contributed by atoms with E-state index in [2.05, 4.69) is 42.5 Å². The average Bonchev–Trinajstić information content (AvgIpc) is 2.61. The average molecular weight is 195 g/mol. The Balaban J connectivity index is 2.40. The lowest BCUT2D eigenvalue weighted by atomic mass is 10.00. The second-order valence-electron chi connectivity index (χ2n) is 4.14. The summed E-state index contributed by atoms with van der Waals surface area (Å²) in [6.45, 7) is 2.04. The molecule has 15 heavy (non-hydrogen) atoms. The minimum Gasteiger partial charge on any atom is -0.324 e. The molecule has 0 radical (unpaired) electrons. The summed E-state index contributed by atoms with van der Waals surface area (Å²) in [5.41, 5.74) is 9.84. The van der Waals surface area contributed by atoms with Crippen molar-refractivity contribution in [2.24, 2.45) is 5.73 Å². The lowest BCUT2D eigenvalue weighted by Crippen LogP contribution is -2.15. The number of hydrogen-bond donors (Lipinski definition) is 1. The van der Waals surface area contributed by atoms with Crippen molar-refractivity contribution in [3.63, 3.8) is 0 Å². The van der Waals surface area contributed by atoms with Crippen LogP contribution in [0.2, 0.25) is 0 Å². The van der Waals surface area contributed by atoms with Gasteiger partial charge in [-0.1, -0.05) is 36.4 Å². The molecule has 0 spiro atoms. The van der Waals surface area contributed by atoms with Crippen molar-refractivity contribution in [3.8, 4) is 0 Å². The molecule has 3 rings (SSSR count). The predicted octanol–water partition coefficient (Wildman–Crippen LogP) is 3.04. The summed E-state index contributed by atoms with van der Waals surface area (Å²) < 4.78 is 0. The number of hydrogen-bond acceptors (Lipinski definition) is 1. The Morgan fingerprint density at radius 3 is 2.53 bits per heavy atom. The van der Waals surface area contributed by atoms with E-state index in [0.29, 0.717) is 0 Å². The molecule has 1 atom stereocenters. The molecule has 2 aromatic rings. The summed E-state index contributed by atoms with van der Waals surface area (Å²) in [6, 6.07) is 12.9. The topological polar surface area (TPSA) is 26.0 Å². The Bertz CT molecular complexity index is 559. The van der Waals surface area contributed by atoms with Gasteiger partial charge in [0.25, 0.3) is 0 Å². The van der Waals surface area contributed by atoms with Crippen LogP contribution in [0.15, 0.2) is 36.4 Å². The van der Waals surface area contributed by atoms with Gasteiger partial charge in [-0.3, -0.25) is 0 Å². The van der Waals surface area contributed by atoms with Gasteiger partial charge in [0, 0.05) is 6.04 Å². The van der Waals surface area contributed by atoms with Gasteiger partial charge in [0.1, 0.15) is 0 Å². The Kier molecular flexibility index (Phi) is 1.70. The highest BCUT2D eigenvalue weighted by Gasteiger charge is 2.17. The fourth-order valence-electron chi connectivity index (χ4n) is 2.35. The van der Waals surface area contributed by atoms with Gasteiger partial charge in [-0.05, 0) is 40.5 Å². The number of rotatable bonds is 1. The first-order chi connectivity index (χ1) is 7.27. The molecule has 0 heterocycles. The first kappa shape index (κ1) is 8.69. The zero-order valence-electron chi connectivity index (χ0n) is 8.70. The van der Waals surface area contributed by atoms with Crippen LogP contribution in [0.25, 0.3) is 22.4 Å². The van der Waals surface area contributed by atoms with E-state index in [1.54, 1.807) is 0 Å². The highest BCUT2D eigenvalue weighted by atomic mass is 14.6. The molecule has 0 fully saturated rings. The van der Waals surface area contributed by atoms with Crippen LogP contribution < -0.4 is 5.73 Å². The number of nitrogens with two attached hydrogens (primary N) is 1. The maximum absolute atomic E-state index is 5.98. The highest BCUT2D eigenvalue weighted by molar-refractivity contribution is 6.09. The van der Waals surface area contributed by atoms with Gasteiger partial charge in [-0.15, -0.1) is 0 Å². The molecule has 1 heteroatoms. The smallest absolute Gasteiger partial charge is 0.0272 e. The molecular formula is C14H13N. The van der Waals surface area contributed by atoms with Gasteiger partial charge in [-0.2, -0.15) is 0 Å². The molecule has 1 aliphatic rings. The van der Waals surface area contributed by atoms with E-state index < -0.39 is 0 Å². The summed E-state index contributed by atoms with van der Waals surface area (Å²) in [4.78, 5) is 0. The van der Waals surface area contributed by atoms with Crippen LogP contribution in [0.3, 0.4) is 0 Å². The van der Waals surface area contributed by atoms with E-state index in [1.165, 1.54) is 27.5 Å². The van der Waals surface area contributed by atoms with Crippen molar-refractivity contribution in [1.82, 2.24) is 0 Å². The molecule has 74 valence electrons. The molecule has 2 aromatic carbocycles. The van der Waals surface area contributed by atoms with Crippen LogP contribution in [0.1, 0.15) is 18.1 Å². The largest absolute Gasteiger partial charge is 0.324 e. The minimum absolute atomic E-state index is 0.1000. The maximum Gasteiger partial charge on any atom is 0.0272 e. The van der Waals surface area contributed by atoms with Gasteiger partial charge >= 0.3 is 0 Å². The van der Waals surface area contributed by atoms with Crippen LogP contribution in [0.4, 0.5) is 0 Å². The second-order valence-corrected chi connectivity index (χ2v) is 4.14. The zero-order chi connectivity index (χ0) is 10.4. The molecule has 0 saturated carbocycles. The quantitative estimate of drug-likeness (QED) is 0.743. The van der Waals surface area contributed by atoms with Crippen molar-refractivity contribution in [1.29, 1.82) is 0 Å². The third kappa shape index (κ3) is 1.13. The standard InChI is InChI=1S/C14H13N/c1-9(15)13-8-11-6-2-4-10-5-3-7-12(13)14(10)11/h2-9H,15H2,1H3. The molecule has 0 saturated heterocycles. The van der Waals surface area contributed by atoms with Gasteiger partial charge in [-0.25, -0.2) is 0 Å². The van der Waals surface area contributed by atoms with E-state index in [-0.39, 0.29) is 6.04 Å². The van der Waals surface area contributed by atoms with E-state index in [1.807, 2.05) is 6.92 Å². The summed E-state index contributed by atoms with van der Waals surface area (Å²) in [6.07, 6.45) is 2.21. The van der Waals surface area contributed by atoms with Gasteiger partial charge in [0.2, 0.25) is 0 Å². The fraction of sp³-hybridized carbons (Fsp3) is 0.143. The molecule has 1 aliphatic carbocycles. The summed E-state index contributed by atoms with van der Waals surface area (Å²) >= 11 is 0. The molecule has 0 bridgehead atoms. The molecule has 2 N–H and O–H groups in total. The van der Waals surface area contributed by atoms with Gasteiger partial charge < -0.3 is 5.73 Å². The van der Waals surface area contributed by atoms with Crippen LogP contribution in [0, 0.1) is 0 Å². The van der Waals surface area contributed by atoms with Gasteiger partial charge in [0.05, 0.1) is 0 Å². The summed E-state index contributed by atoms with van der Waals surface area (Å²) in [5.74, 6) is 0. The van der Waals surface area contributed by atoms with Crippen LogP contribution >= 0.6 is 0 Å². The van der Waals surface area contributed by atoms with Crippen molar-refractivity contribution >= 4 is 22.4 Å². The first-order valence-electron chi connectivity index (χ1n) is 5.26. The normalized spacial score (nSPS) is 15.5. The van der Waals surface area contributed by atoms with E-state index >= 15 is 0 Å². The molecule has 0 aliphatic heterocycles. The third-order valence-corrected chi connectivity index (χ3v) is 3.05. The predicted molar refractivity (Wildman–Crippen MR) is 65.5 cm³/mol. The molecule has 0 aromatic heterocycles. The Hall–Kier alpha value is -1.60. The molecular weight excluding hydrogens is 182 g/mol. The Morgan fingerprint density at radius 2 is 1.80 bits per heavy atom. The molecule has 0 amide bonds. The summed E-state index contributed by atoms with van der Waals surface area (Å²) in [7, 11) is 0. The van der Waals surface area contributed by atoms with Crippen molar-refractivity contribution in [2.75, 3.05) is 0 Å². The van der Waals surface area contributed by atoms with Crippen molar-refractivity contribution < 1.29 is 0 Å². The van der Waals surface area contributed by atoms with Crippen molar-refractivity contribution in [3.05, 3.63) is 47.5 Å². The van der Waals surface area contributed by atoms with E-state index in [0.717, 1.165) is 0 Å². The van der Waals surface area contributed by atoms with Crippen LogP contribution in [-0.4, -0.2) is 6.04 Å². The van der Waals surface area contributed by atoms with Gasteiger partial charge in [0.15, 0.2) is 0 Å². The Labute approximate surface area is 89.2 Å². The lowest BCUT2D eigenvalue weighted by molar-refractivity contribution is 0.953. The highest BCUT2D eigenvalue weighted by Crippen LogP contribution is 2.37. The monoisotopic (exact) mass is 195 g/mol. The fourth-order valence-corrected chi connectivity index (χ4v) is 2.35. The maximum atomic E-state index is 5.98. The molecule has 1 nitrogen and oxygen atoms in total. The molecule has 1 unspecified atom stereocenters. The second kappa shape index (κ2) is 2.94. The van der Waals surface area contributed by atoms with Crippen LogP contribution in [-0.2, 0) is 0 Å². The lowest BCUT2D eigenvalue weighted by Gasteiger charge is -2.08. The van der Waals surface area contributed by atoms with E-state index in [9.17, 15) is 0 Å². The third-order valence-electron chi connectivity index (χ3n) is 3.05. The summed E-state index contributed by atoms with van der Waals surface area (Å²) in [5, 5.41) is 2.66. The first-order valence-corrected chi connectivity index (χ1v) is 5.26. The SMILES string of the molecule is CC(N)C1=Cc2cccc3cccc1c23.